The number of aliphatic carboxylic acids is 1. The quantitative estimate of drug-likeness (QED) is 0.270. The molecule has 4 unspecified atom stereocenters. The molecule has 0 aliphatic carbocycles. The zero-order valence-corrected chi connectivity index (χ0v) is 18.8. The zero-order valence-electron chi connectivity index (χ0n) is 18.8. The molecule has 0 aromatic heterocycles. The number of nitrogens with zero attached hydrogens (tertiary/aromatic N) is 1. The highest BCUT2D eigenvalue weighted by atomic mass is 16.4. The summed E-state index contributed by atoms with van der Waals surface area (Å²) in [6.07, 6.45) is 2.66. The van der Waals surface area contributed by atoms with E-state index in [4.69, 9.17) is 5.73 Å². The molecule has 32 heavy (non-hydrogen) atoms. The highest BCUT2D eigenvalue weighted by molar-refractivity contribution is 5.94. The number of carboxylic acid groups (broad SMARTS) is 1. The standard InChI is InChI=1S/C21H35N5O6/c1-12(2)11-15(20(30)26-10-4-6-16(26)21(31)32)25-19(29)14(7-8-17(22)27)24-18(28)13-5-3-9-23-13/h12-16,23H,3-11H2,1-2H3,(H2,22,27)(H,24,28)(H,25,29)(H,31,32). The highest BCUT2D eigenvalue weighted by Crippen LogP contribution is 2.20. The van der Waals surface area contributed by atoms with Crippen molar-refractivity contribution in [1.29, 1.82) is 0 Å². The monoisotopic (exact) mass is 453 g/mol. The van der Waals surface area contributed by atoms with E-state index >= 15 is 0 Å². The summed E-state index contributed by atoms with van der Waals surface area (Å²) in [7, 11) is 0. The summed E-state index contributed by atoms with van der Waals surface area (Å²) in [4.78, 5) is 62.8. The molecule has 2 aliphatic rings. The highest BCUT2D eigenvalue weighted by Gasteiger charge is 2.38. The molecule has 0 aromatic carbocycles. The second-order valence-electron chi connectivity index (χ2n) is 8.93. The molecule has 4 amide bonds. The van der Waals surface area contributed by atoms with Crippen LogP contribution < -0.4 is 21.7 Å². The average molecular weight is 454 g/mol. The molecule has 4 atom stereocenters. The molecule has 0 saturated carbocycles. The normalized spacial score (nSPS) is 22.4. The van der Waals surface area contributed by atoms with Crippen LogP contribution in [0, 0.1) is 5.92 Å². The largest absolute Gasteiger partial charge is 0.480 e. The lowest BCUT2D eigenvalue weighted by molar-refractivity contribution is -0.149. The second-order valence-corrected chi connectivity index (χ2v) is 8.93. The van der Waals surface area contributed by atoms with Crippen LogP contribution in [0.2, 0.25) is 0 Å². The fourth-order valence-corrected chi connectivity index (χ4v) is 4.19. The number of carbonyl (C=O) groups excluding carboxylic acids is 4. The fourth-order valence-electron chi connectivity index (χ4n) is 4.19. The lowest BCUT2D eigenvalue weighted by Gasteiger charge is -2.29. The molecule has 2 saturated heterocycles. The van der Waals surface area contributed by atoms with Gasteiger partial charge in [0.25, 0.3) is 0 Å². The molecule has 0 radical (unpaired) electrons. The molecule has 0 aromatic rings. The van der Waals surface area contributed by atoms with Crippen molar-refractivity contribution in [2.24, 2.45) is 11.7 Å². The fraction of sp³-hybridized carbons (Fsp3) is 0.762. The van der Waals surface area contributed by atoms with Crippen LogP contribution in [0.25, 0.3) is 0 Å². The molecule has 0 bridgehead atoms. The lowest BCUT2D eigenvalue weighted by Crippen LogP contribution is -2.57. The number of nitrogens with two attached hydrogens (primary N) is 1. The molecule has 2 aliphatic heterocycles. The number of hydrogen-bond donors (Lipinski definition) is 5. The third-order valence-electron chi connectivity index (χ3n) is 5.83. The van der Waals surface area contributed by atoms with Crippen molar-refractivity contribution in [3.05, 3.63) is 0 Å². The first-order valence-corrected chi connectivity index (χ1v) is 11.3. The molecule has 0 spiro atoms. The molecule has 11 nitrogen and oxygen atoms in total. The Hall–Kier alpha value is -2.69. The van der Waals surface area contributed by atoms with Crippen molar-refractivity contribution in [2.75, 3.05) is 13.1 Å². The van der Waals surface area contributed by atoms with Gasteiger partial charge in [-0.2, -0.15) is 0 Å². The Bertz CT molecular complexity index is 721. The summed E-state index contributed by atoms with van der Waals surface area (Å²) >= 11 is 0. The molecule has 11 heteroatoms. The summed E-state index contributed by atoms with van der Waals surface area (Å²) in [6, 6.07) is -3.28. The zero-order chi connectivity index (χ0) is 23.8. The summed E-state index contributed by atoms with van der Waals surface area (Å²) in [5, 5.41) is 17.8. The number of likely N-dealkylation sites (tertiary alicyclic amines) is 1. The summed E-state index contributed by atoms with van der Waals surface area (Å²) in [5.74, 6) is -3.01. The molecule has 6 N–H and O–H groups in total. The van der Waals surface area contributed by atoms with Crippen molar-refractivity contribution in [3.63, 3.8) is 0 Å². The second kappa shape index (κ2) is 11.8. The van der Waals surface area contributed by atoms with Crippen LogP contribution in [-0.4, -0.2) is 76.9 Å². The van der Waals surface area contributed by atoms with E-state index in [1.54, 1.807) is 0 Å². The van der Waals surface area contributed by atoms with E-state index in [9.17, 15) is 29.1 Å². The Morgan fingerprint density at radius 1 is 1.09 bits per heavy atom. The number of amides is 4. The molecular weight excluding hydrogens is 418 g/mol. The number of rotatable bonds is 11. The topological polar surface area (TPSA) is 171 Å². The maximum atomic E-state index is 13.1. The Labute approximate surface area is 187 Å². The predicted molar refractivity (Wildman–Crippen MR) is 115 cm³/mol. The van der Waals surface area contributed by atoms with E-state index in [2.05, 4.69) is 16.0 Å². The van der Waals surface area contributed by atoms with Crippen molar-refractivity contribution in [2.45, 2.75) is 83.0 Å². The van der Waals surface area contributed by atoms with Crippen LogP contribution in [0.15, 0.2) is 0 Å². The number of carboxylic acids is 1. The van der Waals surface area contributed by atoms with E-state index in [1.807, 2.05) is 13.8 Å². The van der Waals surface area contributed by atoms with Gasteiger partial charge in [-0.15, -0.1) is 0 Å². The number of nitrogens with one attached hydrogen (secondary N) is 3. The third kappa shape index (κ3) is 7.18. The van der Waals surface area contributed by atoms with Crippen LogP contribution in [0.3, 0.4) is 0 Å². The molecule has 2 rings (SSSR count). The van der Waals surface area contributed by atoms with Gasteiger partial charge >= 0.3 is 5.97 Å². The van der Waals surface area contributed by atoms with Crippen LogP contribution in [0.5, 0.6) is 0 Å². The average Bonchev–Trinajstić information content (AvgIpc) is 3.41. The van der Waals surface area contributed by atoms with Crippen LogP contribution >= 0.6 is 0 Å². The van der Waals surface area contributed by atoms with Gasteiger partial charge < -0.3 is 31.7 Å². The van der Waals surface area contributed by atoms with Crippen molar-refractivity contribution in [3.8, 4) is 0 Å². The summed E-state index contributed by atoms with van der Waals surface area (Å²) < 4.78 is 0. The number of primary amides is 1. The van der Waals surface area contributed by atoms with E-state index in [1.165, 1.54) is 4.90 Å². The smallest absolute Gasteiger partial charge is 0.326 e. The first-order chi connectivity index (χ1) is 15.1. The Balaban J connectivity index is 2.13. The van der Waals surface area contributed by atoms with Gasteiger partial charge in [0.05, 0.1) is 6.04 Å². The Morgan fingerprint density at radius 2 is 1.81 bits per heavy atom. The van der Waals surface area contributed by atoms with Crippen molar-refractivity contribution in [1.82, 2.24) is 20.9 Å². The van der Waals surface area contributed by atoms with E-state index in [0.29, 0.717) is 38.8 Å². The van der Waals surface area contributed by atoms with Crippen LogP contribution in [0.1, 0.15) is 58.8 Å². The minimum atomic E-state index is -1.07. The van der Waals surface area contributed by atoms with Crippen LogP contribution in [-0.2, 0) is 24.0 Å². The van der Waals surface area contributed by atoms with Crippen molar-refractivity contribution >= 4 is 29.6 Å². The van der Waals surface area contributed by atoms with Gasteiger partial charge in [0.1, 0.15) is 18.1 Å². The van der Waals surface area contributed by atoms with Gasteiger partial charge in [-0.3, -0.25) is 19.2 Å². The first-order valence-electron chi connectivity index (χ1n) is 11.3. The van der Waals surface area contributed by atoms with E-state index in [-0.39, 0.29) is 24.7 Å². The van der Waals surface area contributed by atoms with Crippen LogP contribution in [0.4, 0.5) is 0 Å². The molecule has 2 heterocycles. The van der Waals surface area contributed by atoms with Gasteiger partial charge in [-0.25, -0.2) is 4.79 Å². The van der Waals surface area contributed by atoms with Gasteiger partial charge in [-0.1, -0.05) is 13.8 Å². The van der Waals surface area contributed by atoms with Gasteiger partial charge in [0, 0.05) is 13.0 Å². The molecular formula is C21H35N5O6. The lowest BCUT2D eigenvalue weighted by atomic mass is 10.0. The first kappa shape index (κ1) is 25.6. The van der Waals surface area contributed by atoms with Crippen molar-refractivity contribution < 1.29 is 29.1 Å². The third-order valence-corrected chi connectivity index (χ3v) is 5.83. The SMILES string of the molecule is CC(C)CC(NC(=O)C(CCC(N)=O)NC(=O)C1CCCN1)C(=O)N1CCCC1C(=O)O. The van der Waals surface area contributed by atoms with E-state index in [0.717, 1.165) is 6.42 Å². The maximum Gasteiger partial charge on any atom is 0.326 e. The molecule has 180 valence electrons. The van der Waals surface area contributed by atoms with Gasteiger partial charge in [0.15, 0.2) is 0 Å². The van der Waals surface area contributed by atoms with Gasteiger partial charge in [0.2, 0.25) is 23.6 Å². The number of hydrogen-bond acceptors (Lipinski definition) is 6. The maximum absolute atomic E-state index is 13.1. The summed E-state index contributed by atoms with van der Waals surface area (Å²) in [5.41, 5.74) is 5.22. The minimum Gasteiger partial charge on any atom is -0.480 e. The Kier molecular flexibility index (Phi) is 9.42. The van der Waals surface area contributed by atoms with Gasteiger partial charge in [-0.05, 0) is 51.0 Å². The number of carbonyl (C=O) groups is 5. The summed E-state index contributed by atoms with van der Waals surface area (Å²) in [6.45, 7) is 4.81. The minimum absolute atomic E-state index is 0.00365. The molecule has 2 fully saturated rings. The predicted octanol–water partition coefficient (Wildman–Crippen LogP) is -0.905. The van der Waals surface area contributed by atoms with E-state index < -0.39 is 47.9 Å². The Morgan fingerprint density at radius 3 is 2.38 bits per heavy atom.